The number of aromatic nitrogens is 1. The first kappa shape index (κ1) is 42.4. The Kier molecular flexibility index (Phi) is 10.1. The normalized spacial score (nSPS) is 12.5. The van der Waals surface area contributed by atoms with Gasteiger partial charge in [-0.1, -0.05) is 224 Å². The van der Waals surface area contributed by atoms with E-state index in [1.165, 1.54) is 88.2 Å². The van der Waals surface area contributed by atoms with Gasteiger partial charge in [-0.25, -0.2) is 0 Å². The molecule has 0 radical (unpaired) electrons. The zero-order valence-corrected chi connectivity index (χ0v) is 40.1. The highest BCUT2D eigenvalue weighted by Crippen LogP contribution is 2.57. The van der Waals surface area contributed by atoms with Crippen molar-refractivity contribution in [2.24, 2.45) is 0 Å². The molecular weight excluding hydrogens is 881 g/mol. The Morgan fingerprint density at radius 3 is 1.53 bits per heavy atom. The van der Waals surface area contributed by atoms with Crippen LogP contribution in [0, 0.1) is 0 Å². The molecule has 0 spiro atoms. The van der Waals surface area contributed by atoms with Crippen molar-refractivity contribution < 1.29 is 0 Å². The third-order valence-electron chi connectivity index (χ3n) is 15.2. The van der Waals surface area contributed by atoms with E-state index < -0.39 is 5.41 Å². The molecule has 0 N–H and O–H groups in total. The molecule has 1 aliphatic carbocycles. The Hall–Kier alpha value is -9.50. The third-order valence-corrected chi connectivity index (χ3v) is 15.2. The van der Waals surface area contributed by atoms with Crippen molar-refractivity contribution in [1.29, 1.82) is 0 Å². The first-order valence-corrected chi connectivity index (χ1v) is 25.2. The van der Waals surface area contributed by atoms with Gasteiger partial charge in [0.1, 0.15) is 0 Å². The first-order chi connectivity index (χ1) is 36.2. The molecule has 12 aromatic carbocycles. The molecule has 0 atom stereocenters. The van der Waals surface area contributed by atoms with Crippen LogP contribution in [0.15, 0.2) is 291 Å². The molecule has 342 valence electrons. The molecule has 1 aromatic heterocycles. The average Bonchev–Trinajstić information content (AvgIpc) is 3.97. The Bertz CT molecular complexity index is 4140. The highest BCUT2D eigenvalue weighted by molar-refractivity contribution is 6.10. The van der Waals surface area contributed by atoms with Gasteiger partial charge in [-0.15, -0.1) is 0 Å². The average molecular weight is 929 g/mol. The summed E-state index contributed by atoms with van der Waals surface area (Å²) in [5.41, 5.74) is 21.0. The van der Waals surface area contributed by atoms with Crippen molar-refractivity contribution in [3.05, 3.63) is 313 Å². The molecule has 0 unspecified atom stereocenters. The summed E-state index contributed by atoms with van der Waals surface area (Å²) in [4.78, 5) is 2.44. The maximum atomic E-state index is 2.46. The van der Waals surface area contributed by atoms with E-state index in [0.717, 1.165) is 33.9 Å². The molecular formula is C71H48N2. The number of nitrogens with zero attached hydrogens (tertiary/aromatic N) is 2. The van der Waals surface area contributed by atoms with E-state index in [1.807, 2.05) is 0 Å². The second-order valence-corrected chi connectivity index (χ2v) is 19.3. The molecule has 2 heteroatoms. The summed E-state index contributed by atoms with van der Waals surface area (Å²) in [5.74, 6) is 0. The third kappa shape index (κ3) is 7.02. The lowest BCUT2D eigenvalue weighted by molar-refractivity contribution is 0.768. The quantitative estimate of drug-likeness (QED) is 0.140. The minimum Gasteiger partial charge on any atom is -0.310 e. The van der Waals surface area contributed by atoms with Gasteiger partial charge in [0.15, 0.2) is 0 Å². The van der Waals surface area contributed by atoms with Gasteiger partial charge in [0, 0.05) is 33.5 Å². The van der Waals surface area contributed by atoms with Crippen LogP contribution < -0.4 is 4.90 Å². The molecule has 13 aromatic rings. The van der Waals surface area contributed by atoms with Gasteiger partial charge in [-0.05, 0) is 144 Å². The van der Waals surface area contributed by atoms with Crippen molar-refractivity contribution in [3.63, 3.8) is 0 Å². The fourth-order valence-electron chi connectivity index (χ4n) is 11.9. The van der Waals surface area contributed by atoms with Crippen LogP contribution in [0.2, 0.25) is 0 Å². The maximum absolute atomic E-state index is 2.46. The van der Waals surface area contributed by atoms with E-state index in [2.05, 4.69) is 301 Å². The molecule has 1 heterocycles. The predicted octanol–water partition coefficient (Wildman–Crippen LogP) is 18.8. The first-order valence-electron chi connectivity index (χ1n) is 25.2. The summed E-state index contributed by atoms with van der Waals surface area (Å²) >= 11 is 0. The van der Waals surface area contributed by atoms with Gasteiger partial charge >= 0.3 is 0 Å². The summed E-state index contributed by atoms with van der Waals surface area (Å²) in [7, 11) is 0. The number of hydrogen-bond donors (Lipinski definition) is 0. The second kappa shape index (κ2) is 17.4. The molecule has 1 aliphatic rings. The topological polar surface area (TPSA) is 8.17 Å². The standard InChI is InChI=1S/C71H48N2/c1-5-18-49(19-6-1)51-34-38-59(39-35-51)72(62-41-43-64-63-28-13-15-30-67(63)71(68(64)48-62,57-23-9-3-10-24-57)58-25-11-4-12-26-58)60-27-17-22-52(45-60)56-37-42-66-65-29-14-16-31-69(65)73(70(66)47-56)61-40-36-54-44-53(32-33-55(54)46-61)50-20-7-2-8-21-50/h1-48H. The molecule has 0 saturated heterocycles. The largest absolute Gasteiger partial charge is 0.310 e. The van der Waals surface area contributed by atoms with E-state index in [9.17, 15) is 0 Å². The molecule has 0 fully saturated rings. The van der Waals surface area contributed by atoms with Gasteiger partial charge in [-0.2, -0.15) is 0 Å². The molecule has 0 saturated carbocycles. The van der Waals surface area contributed by atoms with Crippen LogP contribution in [0.3, 0.4) is 0 Å². The summed E-state index contributed by atoms with van der Waals surface area (Å²) in [5, 5.41) is 4.91. The second-order valence-electron chi connectivity index (χ2n) is 19.3. The van der Waals surface area contributed by atoms with Crippen LogP contribution in [0.5, 0.6) is 0 Å². The highest BCUT2D eigenvalue weighted by atomic mass is 15.1. The SMILES string of the molecule is c1ccc(-c2ccc(N(c3cccc(-c4ccc5c6ccccc6n(-c6ccc7cc(-c8ccccc8)ccc7c6)c5c4)c3)c3ccc4c(c3)C(c3ccccc3)(c3ccccc3)c3ccccc3-4)cc2)cc1. The van der Waals surface area contributed by atoms with Gasteiger partial charge < -0.3 is 9.47 Å². The lowest BCUT2D eigenvalue weighted by Gasteiger charge is -2.35. The number of para-hydroxylation sites is 1. The highest BCUT2D eigenvalue weighted by Gasteiger charge is 2.46. The number of benzene rings is 12. The van der Waals surface area contributed by atoms with Gasteiger partial charge in [0.2, 0.25) is 0 Å². The molecule has 0 amide bonds. The Balaban J connectivity index is 0.928. The zero-order valence-electron chi connectivity index (χ0n) is 40.1. The van der Waals surface area contributed by atoms with Crippen LogP contribution in [0.1, 0.15) is 22.3 Å². The molecule has 0 bridgehead atoms. The van der Waals surface area contributed by atoms with Crippen molar-refractivity contribution in [3.8, 4) is 50.2 Å². The van der Waals surface area contributed by atoms with Crippen LogP contribution in [-0.4, -0.2) is 4.57 Å². The van der Waals surface area contributed by atoms with E-state index in [4.69, 9.17) is 0 Å². The van der Waals surface area contributed by atoms with Crippen LogP contribution in [0.25, 0.3) is 82.8 Å². The minimum absolute atomic E-state index is 0.529. The van der Waals surface area contributed by atoms with Crippen LogP contribution >= 0.6 is 0 Å². The Labute approximate surface area is 426 Å². The summed E-state index contributed by atoms with van der Waals surface area (Å²) < 4.78 is 2.44. The Morgan fingerprint density at radius 1 is 0.274 bits per heavy atom. The molecule has 2 nitrogen and oxygen atoms in total. The number of anilines is 3. The van der Waals surface area contributed by atoms with Crippen molar-refractivity contribution in [2.45, 2.75) is 5.41 Å². The van der Waals surface area contributed by atoms with E-state index in [1.54, 1.807) is 0 Å². The van der Waals surface area contributed by atoms with Crippen LogP contribution in [-0.2, 0) is 5.41 Å². The number of rotatable bonds is 9. The maximum Gasteiger partial charge on any atom is 0.0714 e. The summed E-state index contributed by atoms with van der Waals surface area (Å²) in [6.45, 7) is 0. The zero-order chi connectivity index (χ0) is 48.3. The molecule has 73 heavy (non-hydrogen) atoms. The summed E-state index contributed by atoms with van der Waals surface area (Å²) in [6, 6.07) is 107. The number of hydrogen-bond acceptors (Lipinski definition) is 1. The van der Waals surface area contributed by atoms with E-state index in [0.29, 0.717) is 0 Å². The van der Waals surface area contributed by atoms with Gasteiger partial charge in [0.05, 0.1) is 16.4 Å². The van der Waals surface area contributed by atoms with Gasteiger partial charge in [0.25, 0.3) is 0 Å². The van der Waals surface area contributed by atoms with Crippen molar-refractivity contribution in [2.75, 3.05) is 4.90 Å². The van der Waals surface area contributed by atoms with Crippen molar-refractivity contribution in [1.82, 2.24) is 4.57 Å². The van der Waals surface area contributed by atoms with Crippen molar-refractivity contribution >= 4 is 49.6 Å². The van der Waals surface area contributed by atoms with Gasteiger partial charge in [-0.3, -0.25) is 0 Å². The van der Waals surface area contributed by atoms with E-state index in [-0.39, 0.29) is 0 Å². The fourth-order valence-corrected chi connectivity index (χ4v) is 11.9. The fraction of sp³-hybridized carbons (Fsp3) is 0.0141. The molecule has 0 aliphatic heterocycles. The van der Waals surface area contributed by atoms with E-state index >= 15 is 0 Å². The lowest BCUT2D eigenvalue weighted by atomic mass is 9.67. The Morgan fingerprint density at radius 2 is 0.781 bits per heavy atom. The lowest BCUT2D eigenvalue weighted by Crippen LogP contribution is -2.28. The molecule has 14 rings (SSSR count). The summed E-state index contributed by atoms with van der Waals surface area (Å²) in [6.07, 6.45) is 0. The van der Waals surface area contributed by atoms with Crippen LogP contribution in [0.4, 0.5) is 17.1 Å². The predicted molar refractivity (Wildman–Crippen MR) is 307 cm³/mol. The monoisotopic (exact) mass is 928 g/mol. The number of fused-ring (bicyclic) bond motifs is 7. The minimum atomic E-state index is -0.529. The smallest absolute Gasteiger partial charge is 0.0714 e.